The van der Waals surface area contributed by atoms with Crippen LogP contribution in [-0.4, -0.2) is 4.98 Å². The lowest BCUT2D eigenvalue weighted by molar-refractivity contribution is 1.24. The molecular weight excluding hydrogens is 268 g/mol. The van der Waals surface area contributed by atoms with E-state index >= 15 is 0 Å². The minimum Gasteiger partial charge on any atom is -0.312 e. The van der Waals surface area contributed by atoms with Crippen LogP contribution in [0.3, 0.4) is 0 Å². The number of aromatic nitrogens is 1. The molecule has 0 spiro atoms. The molecule has 2 rings (SSSR count). The normalized spacial score (nSPS) is 10.4. The van der Waals surface area contributed by atoms with Crippen LogP contribution in [0.2, 0.25) is 15.2 Å². The molecule has 16 heavy (non-hydrogen) atoms. The molecule has 1 aromatic carbocycles. The summed E-state index contributed by atoms with van der Waals surface area (Å²) >= 11 is 18.0. The van der Waals surface area contributed by atoms with Gasteiger partial charge in [0.05, 0.1) is 10.0 Å². The predicted molar refractivity (Wildman–Crippen MR) is 67.5 cm³/mol. The van der Waals surface area contributed by atoms with Gasteiger partial charge in [-0.1, -0.05) is 40.9 Å². The second-order valence-electron chi connectivity index (χ2n) is 3.15. The van der Waals surface area contributed by atoms with Crippen molar-refractivity contribution in [3.05, 3.63) is 55.9 Å². The van der Waals surface area contributed by atoms with E-state index in [4.69, 9.17) is 34.8 Å². The number of aromatic amines is 1. The van der Waals surface area contributed by atoms with Gasteiger partial charge in [-0.05, 0) is 18.2 Å². The van der Waals surface area contributed by atoms with Crippen LogP contribution in [0.5, 0.6) is 0 Å². The van der Waals surface area contributed by atoms with Crippen LogP contribution in [-0.2, 0) is 0 Å². The van der Waals surface area contributed by atoms with Crippen molar-refractivity contribution >= 4 is 34.8 Å². The number of H-pyrrole nitrogens is 1. The van der Waals surface area contributed by atoms with E-state index in [0.29, 0.717) is 21.2 Å². The Balaban J connectivity index is 2.72. The highest BCUT2D eigenvalue weighted by atomic mass is 35.5. The average molecular weight is 275 g/mol. The fourth-order valence-electron chi connectivity index (χ4n) is 1.40. The molecule has 0 fully saturated rings. The van der Waals surface area contributed by atoms with Crippen molar-refractivity contribution in [3.63, 3.8) is 0 Å². The van der Waals surface area contributed by atoms with E-state index in [1.807, 2.05) is 0 Å². The zero-order valence-electron chi connectivity index (χ0n) is 7.93. The lowest BCUT2D eigenvalue weighted by Gasteiger charge is -2.08. The molecule has 0 unspecified atom stereocenters. The number of benzene rings is 1. The number of hydrogen-bond donors (Lipinski definition) is 1. The Morgan fingerprint density at radius 3 is 2.12 bits per heavy atom. The van der Waals surface area contributed by atoms with Gasteiger partial charge in [0.1, 0.15) is 5.15 Å². The third-order valence-electron chi connectivity index (χ3n) is 2.10. The Hall–Kier alpha value is -0.960. The van der Waals surface area contributed by atoms with Crippen molar-refractivity contribution in [2.75, 3.05) is 0 Å². The fraction of sp³-hybridized carbons (Fsp3) is 0. The molecule has 0 aliphatic rings. The summed E-state index contributed by atoms with van der Waals surface area (Å²) in [6, 6.07) is 8.14. The molecule has 1 heterocycles. The van der Waals surface area contributed by atoms with Gasteiger partial charge in [0.25, 0.3) is 0 Å². The first-order valence-corrected chi connectivity index (χ1v) is 5.56. The summed E-state index contributed by atoms with van der Waals surface area (Å²) in [6.07, 6.45) is 0. The summed E-state index contributed by atoms with van der Waals surface area (Å²) in [5, 5.41) is 1.20. The van der Waals surface area contributed by atoms with E-state index in [2.05, 4.69) is 4.98 Å². The molecule has 82 valence electrons. The first-order valence-electron chi connectivity index (χ1n) is 4.43. The lowest BCUT2D eigenvalue weighted by atomic mass is 10.1. The molecule has 0 saturated heterocycles. The Morgan fingerprint density at radius 1 is 0.938 bits per heavy atom. The van der Waals surface area contributed by atoms with E-state index < -0.39 is 0 Å². The van der Waals surface area contributed by atoms with E-state index in [9.17, 15) is 4.79 Å². The first kappa shape index (κ1) is 11.5. The van der Waals surface area contributed by atoms with Gasteiger partial charge in [-0.3, -0.25) is 4.79 Å². The van der Waals surface area contributed by atoms with E-state index in [-0.39, 0.29) is 10.7 Å². The van der Waals surface area contributed by atoms with Gasteiger partial charge in [-0.25, -0.2) is 0 Å². The number of pyridine rings is 1. The molecular formula is C11H6Cl3NO. The van der Waals surface area contributed by atoms with Crippen LogP contribution in [0.15, 0.2) is 35.1 Å². The predicted octanol–water partition coefficient (Wildman–Crippen LogP) is 4.00. The van der Waals surface area contributed by atoms with Crippen LogP contribution < -0.4 is 5.56 Å². The minimum absolute atomic E-state index is 0.225. The molecule has 0 radical (unpaired) electrons. The highest BCUT2D eigenvalue weighted by molar-refractivity contribution is 6.40. The number of nitrogens with one attached hydrogen (secondary N) is 1. The van der Waals surface area contributed by atoms with Gasteiger partial charge in [0.2, 0.25) is 5.56 Å². The molecule has 0 aliphatic heterocycles. The van der Waals surface area contributed by atoms with Gasteiger partial charge in [-0.2, -0.15) is 0 Å². The number of hydrogen-bond acceptors (Lipinski definition) is 1. The summed E-state index contributed by atoms with van der Waals surface area (Å²) in [5.74, 6) is 0. The number of halogens is 3. The van der Waals surface area contributed by atoms with Gasteiger partial charge in [0, 0.05) is 17.2 Å². The minimum atomic E-state index is -0.267. The maximum atomic E-state index is 11.0. The molecule has 5 heteroatoms. The Morgan fingerprint density at radius 2 is 1.56 bits per heavy atom. The summed E-state index contributed by atoms with van der Waals surface area (Å²) in [6.45, 7) is 0. The Kier molecular flexibility index (Phi) is 3.24. The third-order valence-corrected chi connectivity index (χ3v) is 3.03. The van der Waals surface area contributed by atoms with Crippen LogP contribution in [0.1, 0.15) is 0 Å². The maximum absolute atomic E-state index is 11.0. The lowest BCUT2D eigenvalue weighted by Crippen LogP contribution is -2.03. The Labute approximate surface area is 107 Å². The van der Waals surface area contributed by atoms with Crippen molar-refractivity contribution in [3.8, 4) is 11.1 Å². The van der Waals surface area contributed by atoms with Gasteiger partial charge in [0.15, 0.2) is 0 Å². The maximum Gasteiger partial charge on any atom is 0.249 e. The second kappa shape index (κ2) is 4.50. The van der Waals surface area contributed by atoms with Crippen molar-refractivity contribution in [2.45, 2.75) is 0 Å². The van der Waals surface area contributed by atoms with Crippen molar-refractivity contribution in [1.82, 2.24) is 4.98 Å². The van der Waals surface area contributed by atoms with E-state index in [1.54, 1.807) is 24.3 Å². The third kappa shape index (κ3) is 2.09. The van der Waals surface area contributed by atoms with Gasteiger partial charge < -0.3 is 4.98 Å². The average Bonchev–Trinajstić information content (AvgIpc) is 2.20. The van der Waals surface area contributed by atoms with E-state index in [1.165, 1.54) is 6.07 Å². The standard InChI is InChI=1S/C11H6Cl3NO/c12-7-2-1-3-8(13)10(7)6-4-5-9(16)15-11(6)14/h1-5H,(H,15,16). The second-order valence-corrected chi connectivity index (χ2v) is 4.34. The summed E-state index contributed by atoms with van der Waals surface area (Å²) in [4.78, 5) is 13.5. The molecule has 0 atom stereocenters. The smallest absolute Gasteiger partial charge is 0.249 e. The molecule has 1 aromatic heterocycles. The molecule has 0 bridgehead atoms. The largest absolute Gasteiger partial charge is 0.312 e. The van der Waals surface area contributed by atoms with Crippen LogP contribution in [0.25, 0.3) is 11.1 Å². The van der Waals surface area contributed by atoms with E-state index in [0.717, 1.165) is 0 Å². The monoisotopic (exact) mass is 273 g/mol. The van der Waals surface area contributed by atoms with Crippen LogP contribution in [0.4, 0.5) is 0 Å². The van der Waals surface area contributed by atoms with Gasteiger partial charge >= 0.3 is 0 Å². The number of rotatable bonds is 1. The molecule has 1 N–H and O–H groups in total. The van der Waals surface area contributed by atoms with Crippen molar-refractivity contribution in [2.24, 2.45) is 0 Å². The molecule has 2 aromatic rings. The molecule has 0 saturated carbocycles. The van der Waals surface area contributed by atoms with Crippen molar-refractivity contribution < 1.29 is 0 Å². The van der Waals surface area contributed by atoms with Crippen molar-refractivity contribution in [1.29, 1.82) is 0 Å². The highest BCUT2D eigenvalue weighted by Crippen LogP contribution is 2.36. The van der Waals surface area contributed by atoms with Crippen LogP contribution in [0, 0.1) is 0 Å². The quantitative estimate of drug-likeness (QED) is 0.783. The molecule has 0 aliphatic carbocycles. The van der Waals surface area contributed by atoms with Gasteiger partial charge in [-0.15, -0.1) is 0 Å². The molecule has 2 nitrogen and oxygen atoms in total. The fourth-order valence-corrected chi connectivity index (χ4v) is 2.25. The topological polar surface area (TPSA) is 32.9 Å². The molecule has 0 amide bonds. The zero-order valence-corrected chi connectivity index (χ0v) is 10.2. The highest BCUT2D eigenvalue weighted by Gasteiger charge is 2.11. The summed E-state index contributed by atoms with van der Waals surface area (Å²) in [5.41, 5.74) is 0.959. The SMILES string of the molecule is O=c1ccc(-c2c(Cl)cccc2Cl)c(Cl)[nH]1. The van der Waals surface area contributed by atoms with Crippen LogP contribution >= 0.6 is 34.8 Å². The zero-order chi connectivity index (χ0) is 11.7. The summed E-state index contributed by atoms with van der Waals surface area (Å²) < 4.78 is 0. The summed E-state index contributed by atoms with van der Waals surface area (Å²) in [7, 11) is 0. The Bertz CT molecular complexity index is 572. The first-order chi connectivity index (χ1) is 7.59.